The van der Waals surface area contributed by atoms with Crippen molar-refractivity contribution < 1.29 is 40.7 Å². The van der Waals surface area contributed by atoms with Crippen LogP contribution in [0.5, 0.6) is 5.75 Å². The van der Waals surface area contributed by atoms with Gasteiger partial charge < -0.3 is 19.9 Å². The Kier molecular flexibility index (Phi) is 9.85. The van der Waals surface area contributed by atoms with Crippen molar-refractivity contribution in [2.75, 3.05) is 32.1 Å². The number of carbonyl (C=O) groups excluding carboxylic acids is 3. The first-order chi connectivity index (χ1) is 19.8. The van der Waals surface area contributed by atoms with Crippen LogP contribution in [0.1, 0.15) is 36.1 Å². The van der Waals surface area contributed by atoms with Crippen molar-refractivity contribution in [1.82, 2.24) is 14.5 Å². The molecular formula is C26H28ClF3N4O6S2. The van der Waals surface area contributed by atoms with Crippen LogP contribution < -0.4 is 14.8 Å². The van der Waals surface area contributed by atoms with Crippen molar-refractivity contribution in [3.63, 3.8) is 0 Å². The van der Waals surface area contributed by atoms with Gasteiger partial charge in [-0.15, -0.1) is 11.3 Å². The molecule has 2 N–H and O–H groups in total. The van der Waals surface area contributed by atoms with E-state index in [-0.39, 0.29) is 43.9 Å². The normalized spacial score (nSPS) is 19.9. The lowest BCUT2D eigenvalue weighted by Gasteiger charge is -2.33. The smallest absolute Gasteiger partial charge is 0.416 e. The summed E-state index contributed by atoms with van der Waals surface area (Å²) in [5.41, 5.74) is -1.14. The number of ether oxygens (including phenoxy) is 1. The van der Waals surface area contributed by atoms with Gasteiger partial charge in [-0.25, -0.2) is 8.42 Å². The van der Waals surface area contributed by atoms with E-state index in [0.717, 1.165) is 17.5 Å². The number of nitrogens with one attached hydrogen (secondary N) is 2. The molecule has 1 aromatic carbocycles. The maximum atomic E-state index is 13.3. The average molecular weight is 649 g/mol. The van der Waals surface area contributed by atoms with Gasteiger partial charge in [0.1, 0.15) is 17.8 Å². The van der Waals surface area contributed by atoms with Gasteiger partial charge in [-0.3, -0.25) is 14.4 Å². The van der Waals surface area contributed by atoms with E-state index in [1.54, 1.807) is 12.1 Å². The molecule has 1 aromatic heterocycles. The van der Waals surface area contributed by atoms with Crippen LogP contribution in [0, 0.1) is 0 Å². The molecule has 2 aliphatic rings. The van der Waals surface area contributed by atoms with E-state index in [2.05, 4.69) is 10.0 Å². The van der Waals surface area contributed by atoms with Crippen LogP contribution in [0.3, 0.4) is 0 Å². The Morgan fingerprint density at radius 3 is 2.57 bits per heavy atom. The minimum Gasteiger partial charge on any atom is -0.497 e. The second kappa shape index (κ2) is 13.0. The Morgan fingerprint density at radius 2 is 1.90 bits per heavy atom. The van der Waals surface area contributed by atoms with Crippen LogP contribution in [0.25, 0.3) is 6.08 Å². The first-order valence-corrected chi connectivity index (χ1v) is 15.6. The number of piperidine rings is 1. The fourth-order valence-electron chi connectivity index (χ4n) is 4.79. The number of rotatable bonds is 9. The molecule has 2 aliphatic heterocycles. The summed E-state index contributed by atoms with van der Waals surface area (Å²) in [6.07, 6.45) is -1.85. The van der Waals surface area contributed by atoms with Crippen molar-refractivity contribution in [3.05, 3.63) is 50.5 Å². The topological polar surface area (TPSA) is 125 Å². The Morgan fingerprint density at radius 1 is 1.17 bits per heavy atom. The van der Waals surface area contributed by atoms with Crippen molar-refractivity contribution in [1.29, 1.82) is 0 Å². The summed E-state index contributed by atoms with van der Waals surface area (Å²) in [5.74, 6) is -1.86. The summed E-state index contributed by atoms with van der Waals surface area (Å²) in [4.78, 5) is 42.4. The van der Waals surface area contributed by atoms with Gasteiger partial charge in [0.2, 0.25) is 27.7 Å². The van der Waals surface area contributed by atoms with Gasteiger partial charge in [-0.2, -0.15) is 17.9 Å². The summed E-state index contributed by atoms with van der Waals surface area (Å²) in [5, 5.41) is 3.39. The third-order valence-electron chi connectivity index (χ3n) is 6.78. The molecule has 3 heterocycles. The number of likely N-dealkylation sites (tertiary alicyclic amines) is 2. The van der Waals surface area contributed by atoms with Crippen LogP contribution >= 0.6 is 22.9 Å². The van der Waals surface area contributed by atoms with Crippen LogP contribution in [-0.2, 0) is 30.6 Å². The number of benzene rings is 1. The van der Waals surface area contributed by atoms with E-state index in [0.29, 0.717) is 22.1 Å². The zero-order chi connectivity index (χ0) is 30.7. The van der Waals surface area contributed by atoms with Crippen LogP contribution in [-0.4, -0.2) is 74.8 Å². The fraction of sp³-hybridized carbons (Fsp3) is 0.423. The van der Waals surface area contributed by atoms with E-state index >= 15 is 0 Å². The maximum Gasteiger partial charge on any atom is 0.416 e. The highest BCUT2D eigenvalue weighted by molar-refractivity contribution is 7.92. The molecule has 2 unspecified atom stereocenters. The number of alkyl halides is 3. The number of amides is 3. The second-order valence-electron chi connectivity index (χ2n) is 9.74. The monoisotopic (exact) mass is 648 g/mol. The SMILES string of the molecule is COc1cc(NC(=O)C2CCCN2C(=O)CN2CCCC(NS(=O)(=O)/C=C/c3ccc(Cl)s3)C2=O)cc(C(F)(F)F)c1. The van der Waals surface area contributed by atoms with Crippen molar-refractivity contribution in [3.8, 4) is 5.75 Å². The van der Waals surface area contributed by atoms with Crippen molar-refractivity contribution in [2.45, 2.75) is 43.9 Å². The quantitative estimate of drug-likeness (QED) is 0.425. The van der Waals surface area contributed by atoms with E-state index in [1.165, 1.54) is 40.4 Å². The van der Waals surface area contributed by atoms with E-state index < -0.39 is 51.6 Å². The number of carbonyl (C=O) groups is 3. The molecule has 42 heavy (non-hydrogen) atoms. The third-order valence-corrected chi connectivity index (χ3v) is 9.09. The Labute approximate surface area is 249 Å². The Bertz CT molecular complexity index is 1480. The fourth-order valence-corrected chi connectivity index (χ4v) is 6.86. The number of hydrogen-bond donors (Lipinski definition) is 2. The summed E-state index contributed by atoms with van der Waals surface area (Å²) in [7, 11) is -2.78. The second-order valence-corrected chi connectivity index (χ2v) is 13.1. The number of methoxy groups -OCH3 is 1. The average Bonchev–Trinajstić information content (AvgIpc) is 3.58. The lowest BCUT2D eigenvalue weighted by atomic mass is 10.1. The molecule has 4 rings (SSSR count). The number of halogens is 4. The maximum absolute atomic E-state index is 13.3. The highest BCUT2D eigenvalue weighted by atomic mass is 35.5. The number of anilines is 1. The summed E-state index contributed by atoms with van der Waals surface area (Å²) >= 11 is 7.05. The highest BCUT2D eigenvalue weighted by Gasteiger charge is 2.38. The largest absolute Gasteiger partial charge is 0.497 e. The molecule has 3 amide bonds. The Balaban J connectivity index is 1.38. The summed E-state index contributed by atoms with van der Waals surface area (Å²) < 4.78 is 72.7. The lowest BCUT2D eigenvalue weighted by molar-refractivity contribution is -0.144. The number of hydrogen-bond acceptors (Lipinski definition) is 7. The Hall–Kier alpha value is -3.14. The zero-order valence-electron chi connectivity index (χ0n) is 22.3. The van der Waals surface area contributed by atoms with Gasteiger partial charge in [0.25, 0.3) is 0 Å². The van der Waals surface area contributed by atoms with Crippen molar-refractivity contribution >= 4 is 62.4 Å². The first-order valence-electron chi connectivity index (χ1n) is 12.9. The predicted octanol–water partition coefficient (Wildman–Crippen LogP) is 3.94. The highest BCUT2D eigenvalue weighted by Crippen LogP contribution is 2.34. The molecule has 0 spiro atoms. The molecule has 16 heteroatoms. The molecule has 228 valence electrons. The minimum atomic E-state index is -4.66. The van der Waals surface area contributed by atoms with Crippen LogP contribution in [0.15, 0.2) is 35.7 Å². The molecule has 0 saturated carbocycles. The molecule has 0 radical (unpaired) electrons. The van der Waals surface area contributed by atoms with Gasteiger partial charge in [0.15, 0.2) is 0 Å². The first kappa shape index (κ1) is 31.8. The van der Waals surface area contributed by atoms with E-state index in [1.807, 2.05) is 0 Å². The molecule has 10 nitrogen and oxygen atoms in total. The third kappa shape index (κ3) is 8.02. The number of nitrogens with zero attached hydrogens (tertiary/aromatic N) is 2. The molecule has 0 bridgehead atoms. The molecular weight excluding hydrogens is 621 g/mol. The summed E-state index contributed by atoms with van der Waals surface area (Å²) in [6.45, 7) is 0.0707. The molecule has 2 aromatic rings. The lowest BCUT2D eigenvalue weighted by Crippen LogP contribution is -2.55. The number of thiophene rings is 1. The van der Waals surface area contributed by atoms with Crippen LogP contribution in [0.4, 0.5) is 18.9 Å². The van der Waals surface area contributed by atoms with E-state index in [4.69, 9.17) is 16.3 Å². The van der Waals surface area contributed by atoms with Crippen LogP contribution in [0.2, 0.25) is 4.34 Å². The molecule has 0 aliphatic carbocycles. The predicted molar refractivity (Wildman–Crippen MR) is 151 cm³/mol. The molecule has 2 atom stereocenters. The summed E-state index contributed by atoms with van der Waals surface area (Å²) in [6, 6.07) is 4.08. The standard InChI is InChI=1S/C26H28ClF3N4O6S2/c1-40-18-13-16(26(28,29)30)12-17(14-18)31-24(36)21-5-3-10-34(21)23(35)15-33-9-2-4-20(25(33)37)32-42(38,39)11-8-19-6-7-22(27)41-19/h6-8,11-14,20-21,32H,2-5,9-10,15H2,1H3,(H,31,36)/b11-8+. The van der Waals surface area contributed by atoms with Gasteiger partial charge in [-0.05, 0) is 56.0 Å². The molecule has 2 saturated heterocycles. The van der Waals surface area contributed by atoms with Gasteiger partial charge in [-0.1, -0.05) is 11.6 Å². The van der Waals surface area contributed by atoms with Gasteiger partial charge in [0, 0.05) is 35.1 Å². The van der Waals surface area contributed by atoms with Crippen molar-refractivity contribution in [2.24, 2.45) is 0 Å². The zero-order valence-corrected chi connectivity index (χ0v) is 24.7. The van der Waals surface area contributed by atoms with Gasteiger partial charge >= 0.3 is 6.18 Å². The minimum absolute atomic E-state index is 0.0975. The number of sulfonamides is 1. The van der Waals surface area contributed by atoms with Gasteiger partial charge in [0.05, 0.1) is 23.6 Å². The van der Waals surface area contributed by atoms with E-state index in [9.17, 15) is 36.0 Å². The molecule has 2 fully saturated rings.